The monoisotopic (exact) mass is 1220 g/mol. The van der Waals surface area contributed by atoms with Crippen LogP contribution in [0, 0.1) is 56.2 Å². The van der Waals surface area contributed by atoms with Gasteiger partial charge in [0.2, 0.25) is 6.29 Å². The summed E-state index contributed by atoms with van der Waals surface area (Å²) in [6, 6.07) is 0. The standard InChI is InChI=1S/C58H94O27/c1-24-42(82-47-41(73)43(30(65)19-77-47)83-50-45(74)57(76,22-62)23-79-50)39(71)40(72)48(80-24)84-44-36(68)29(64)18-78-49(44)85-51(75)58-12-11-52(2,3)14-27(58)26-7-8-32-53(4)15-28(63)46(81-31-13-25(17-59)35(67)38(70)37(31)69)56(20-60,21-61)33(53)9-10-54(32,5)55(26,6)16-34(58)66/h7,24-25,27-50,59-74,76H,8-23H2,1-6H3/t24-,25+,27-,28-,29-,30+,31+,32+,33+,34+,35+,36-,37-,38-,39-,40+,41+,42-,43-,44+,45-,46-,47-,48-,49-,50-,53+,54+,55+,57+,58+/m0/s1. The first-order valence-corrected chi connectivity index (χ1v) is 30.2. The van der Waals surface area contributed by atoms with Gasteiger partial charge in [-0.25, -0.2) is 0 Å². The number of allylic oxidation sites excluding steroid dienone is 2. The normalized spacial score (nSPS) is 54.0. The Balaban J connectivity index is 0.864. The minimum absolute atomic E-state index is 0.0574. The van der Waals surface area contributed by atoms with Crippen molar-refractivity contribution in [2.24, 2.45) is 56.2 Å². The molecule has 5 saturated carbocycles. The Morgan fingerprint density at radius 2 is 1.28 bits per heavy atom. The van der Waals surface area contributed by atoms with E-state index in [9.17, 15) is 86.8 Å². The predicted octanol–water partition coefficient (Wildman–Crippen LogP) is -4.71. The van der Waals surface area contributed by atoms with Crippen LogP contribution in [-0.4, -0.2) is 280 Å². The van der Waals surface area contributed by atoms with Gasteiger partial charge >= 0.3 is 5.97 Å². The number of carbonyl (C=O) groups is 1. The van der Waals surface area contributed by atoms with Gasteiger partial charge in [0.1, 0.15) is 78.2 Å². The van der Waals surface area contributed by atoms with Gasteiger partial charge in [0.05, 0.1) is 76.3 Å². The molecule has 0 bridgehead atoms. The Labute approximate surface area is 492 Å². The van der Waals surface area contributed by atoms with Gasteiger partial charge in [0.25, 0.3) is 0 Å². The Kier molecular flexibility index (Phi) is 18.7. The molecule has 17 N–H and O–H groups in total. The summed E-state index contributed by atoms with van der Waals surface area (Å²) < 4.78 is 53.1. The van der Waals surface area contributed by atoms with Gasteiger partial charge in [0.15, 0.2) is 25.0 Å². The lowest BCUT2D eigenvalue weighted by Gasteiger charge is -2.72. The molecule has 0 aromatic heterocycles. The summed E-state index contributed by atoms with van der Waals surface area (Å²) in [6.45, 7) is 7.85. The summed E-state index contributed by atoms with van der Waals surface area (Å²) in [5, 5.41) is 188. The van der Waals surface area contributed by atoms with Gasteiger partial charge in [-0.3, -0.25) is 4.79 Å². The second kappa shape index (κ2) is 24.0. The molecule has 9 fully saturated rings. The first-order valence-electron chi connectivity index (χ1n) is 30.2. The summed E-state index contributed by atoms with van der Waals surface area (Å²) in [5.41, 5.74) is -6.66. The number of fused-ring (bicyclic) bond motifs is 7. The number of carbonyl (C=O) groups excluding carboxylic acids is 1. The van der Waals surface area contributed by atoms with E-state index in [1.54, 1.807) is 0 Å². The number of ether oxygens (including phenoxy) is 9. The molecular formula is C58H94O27. The molecule has 0 aromatic carbocycles. The first kappa shape index (κ1) is 66.1. The van der Waals surface area contributed by atoms with E-state index in [1.165, 1.54) is 6.92 Å². The minimum Gasteiger partial charge on any atom is -0.432 e. The van der Waals surface area contributed by atoms with Crippen LogP contribution < -0.4 is 0 Å². The molecule has 4 heterocycles. The van der Waals surface area contributed by atoms with Crippen molar-refractivity contribution in [1.82, 2.24) is 0 Å². The van der Waals surface area contributed by atoms with Crippen LogP contribution in [0.4, 0.5) is 0 Å². The van der Waals surface area contributed by atoms with Crippen molar-refractivity contribution in [2.45, 2.75) is 240 Å². The Bertz CT molecular complexity index is 2380. The molecule has 0 unspecified atom stereocenters. The van der Waals surface area contributed by atoms with Crippen molar-refractivity contribution in [3.8, 4) is 0 Å². The smallest absolute Gasteiger partial charge is 0.317 e. The predicted molar refractivity (Wildman–Crippen MR) is 285 cm³/mol. The summed E-state index contributed by atoms with van der Waals surface area (Å²) in [4.78, 5) is 15.4. The summed E-state index contributed by atoms with van der Waals surface area (Å²) in [5.74, 6) is -2.98. The molecule has 0 spiro atoms. The molecule has 10 rings (SSSR count). The van der Waals surface area contributed by atoms with Gasteiger partial charge in [-0.15, -0.1) is 0 Å². The Morgan fingerprint density at radius 1 is 0.624 bits per heavy atom. The number of esters is 1. The van der Waals surface area contributed by atoms with Gasteiger partial charge in [0, 0.05) is 17.9 Å². The Morgan fingerprint density at radius 3 is 1.94 bits per heavy atom. The fourth-order valence-corrected chi connectivity index (χ4v) is 17.9. The van der Waals surface area contributed by atoms with Gasteiger partial charge in [-0.1, -0.05) is 46.3 Å². The molecule has 4 aliphatic heterocycles. The van der Waals surface area contributed by atoms with Crippen molar-refractivity contribution in [1.29, 1.82) is 0 Å². The van der Waals surface area contributed by atoms with E-state index < -0.39 is 238 Å². The third kappa shape index (κ3) is 10.6. The van der Waals surface area contributed by atoms with E-state index in [2.05, 4.69) is 40.7 Å². The highest BCUT2D eigenvalue weighted by Gasteiger charge is 2.74. The van der Waals surface area contributed by atoms with Crippen molar-refractivity contribution < 1.29 is 134 Å². The van der Waals surface area contributed by atoms with Crippen LogP contribution in [0.25, 0.3) is 0 Å². The van der Waals surface area contributed by atoms with Crippen molar-refractivity contribution >= 4 is 5.97 Å². The van der Waals surface area contributed by atoms with Crippen LogP contribution in [-0.2, 0) is 47.4 Å². The lowest BCUT2D eigenvalue weighted by Crippen LogP contribution is -2.71. The van der Waals surface area contributed by atoms with Crippen molar-refractivity contribution in [2.75, 3.05) is 46.2 Å². The fraction of sp³-hybridized carbons (Fsp3) is 0.948. The number of hydrogen-bond acceptors (Lipinski definition) is 27. The molecule has 0 amide bonds. The topological polar surface area (TPSA) is 444 Å². The van der Waals surface area contributed by atoms with Crippen LogP contribution in [0.15, 0.2) is 11.6 Å². The van der Waals surface area contributed by atoms with Gasteiger partial charge in [-0.05, 0) is 104 Å². The average molecular weight is 1220 g/mol. The third-order valence-corrected chi connectivity index (χ3v) is 23.1. The van der Waals surface area contributed by atoms with Crippen LogP contribution in [0.5, 0.6) is 0 Å². The number of aliphatic hydroxyl groups is 17. The summed E-state index contributed by atoms with van der Waals surface area (Å²) in [7, 11) is 0. The maximum Gasteiger partial charge on any atom is 0.317 e. The number of aliphatic hydroxyl groups excluding tert-OH is 16. The molecule has 27 heteroatoms. The van der Waals surface area contributed by atoms with Crippen LogP contribution in [0.3, 0.4) is 0 Å². The van der Waals surface area contributed by atoms with E-state index in [0.29, 0.717) is 32.1 Å². The summed E-state index contributed by atoms with van der Waals surface area (Å²) in [6.07, 6.45) is -29.9. The first-order chi connectivity index (χ1) is 39.9. The number of rotatable bonds is 14. The minimum atomic E-state index is -2.07. The quantitative estimate of drug-likeness (QED) is 0.0574. The highest BCUT2D eigenvalue weighted by molar-refractivity contribution is 5.80. The SMILES string of the molecule is C[C@@H]1O[C@@H](O[C@H]2[C@H](OC(=O)[C@]34CCC(C)(C)C[C@H]3C3=CC[C@@H]5[C@@]6(C)C[C@H](O)[C@H](O[C@@H]7C[C@H](CO)[C@@H](O)[C@H](O)[C@H]7O)C(CO)(CO)[C@@H]6CC[C@@]5(C)[C@]3(C)C[C@H]4O)OC[C@H](O)[C@@H]2O)[C@H](O)[C@H](O)[C@H]1O[C@@H]1OC[C@@H](O)[C@H](O[C@@H]2OC[C@](O)(CO)[C@H]2O)[C@H]1O. The summed E-state index contributed by atoms with van der Waals surface area (Å²) >= 11 is 0. The maximum absolute atomic E-state index is 15.4. The molecule has 4 saturated heterocycles. The molecule has 10 aliphatic rings. The molecule has 6 aliphatic carbocycles. The zero-order valence-electron chi connectivity index (χ0n) is 49.1. The maximum atomic E-state index is 15.4. The second-order valence-electron chi connectivity index (χ2n) is 28.3. The van der Waals surface area contributed by atoms with Gasteiger partial charge < -0.3 is 129 Å². The molecule has 488 valence electrons. The largest absolute Gasteiger partial charge is 0.432 e. The molecule has 0 aromatic rings. The second-order valence-corrected chi connectivity index (χ2v) is 28.3. The van der Waals surface area contributed by atoms with E-state index in [-0.39, 0.29) is 37.0 Å². The fourth-order valence-electron chi connectivity index (χ4n) is 17.9. The van der Waals surface area contributed by atoms with E-state index in [0.717, 1.165) is 5.57 Å². The third-order valence-electron chi connectivity index (χ3n) is 23.1. The van der Waals surface area contributed by atoms with Crippen LogP contribution in [0.1, 0.15) is 99.3 Å². The van der Waals surface area contributed by atoms with Crippen molar-refractivity contribution in [3.63, 3.8) is 0 Å². The lowest BCUT2D eigenvalue weighted by atomic mass is 9.33. The molecule has 27 nitrogen and oxygen atoms in total. The van der Waals surface area contributed by atoms with Crippen LogP contribution in [0.2, 0.25) is 0 Å². The van der Waals surface area contributed by atoms with Gasteiger partial charge in [-0.2, -0.15) is 0 Å². The highest BCUT2D eigenvalue weighted by Crippen LogP contribution is 2.76. The average Bonchev–Trinajstić information content (AvgIpc) is 0.951. The Hall–Kier alpha value is -1.79. The highest BCUT2D eigenvalue weighted by atomic mass is 16.8. The molecule has 85 heavy (non-hydrogen) atoms. The molecule has 31 atom stereocenters. The number of hydrogen-bond donors (Lipinski definition) is 17. The van der Waals surface area contributed by atoms with E-state index in [1.807, 2.05) is 0 Å². The molecular weight excluding hydrogens is 1130 g/mol. The lowest BCUT2D eigenvalue weighted by molar-refractivity contribution is -0.372. The molecule has 0 radical (unpaired) electrons. The zero-order valence-corrected chi connectivity index (χ0v) is 49.1. The zero-order chi connectivity index (χ0) is 62.1. The van der Waals surface area contributed by atoms with Crippen LogP contribution >= 0.6 is 0 Å². The van der Waals surface area contributed by atoms with E-state index >= 15 is 4.79 Å². The van der Waals surface area contributed by atoms with E-state index in [4.69, 9.17) is 42.6 Å². The van der Waals surface area contributed by atoms with Crippen molar-refractivity contribution in [3.05, 3.63) is 11.6 Å².